The van der Waals surface area contributed by atoms with Gasteiger partial charge in [-0.3, -0.25) is 0 Å². The van der Waals surface area contributed by atoms with Crippen molar-refractivity contribution in [3.63, 3.8) is 0 Å². The van der Waals surface area contributed by atoms with Gasteiger partial charge in [0.15, 0.2) is 6.29 Å². The highest BCUT2D eigenvalue weighted by atomic mass is 32.1. The Kier molecular flexibility index (Phi) is 5.25. The van der Waals surface area contributed by atoms with Crippen LogP contribution in [0.15, 0.2) is 12.1 Å². The van der Waals surface area contributed by atoms with E-state index in [0.717, 1.165) is 12.8 Å². The molecule has 0 saturated heterocycles. The third-order valence-corrected chi connectivity index (χ3v) is 3.57. The zero-order valence-electron chi connectivity index (χ0n) is 9.53. The van der Waals surface area contributed by atoms with E-state index < -0.39 is 0 Å². The van der Waals surface area contributed by atoms with Crippen molar-refractivity contribution in [3.05, 3.63) is 21.9 Å². The van der Waals surface area contributed by atoms with E-state index in [2.05, 4.69) is 19.1 Å². The molecular weight excluding hydrogens is 210 g/mol. The number of hydrogen-bond acceptors (Lipinski definition) is 4. The van der Waals surface area contributed by atoms with Crippen LogP contribution in [0.25, 0.3) is 0 Å². The zero-order chi connectivity index (χ0) is 11.3. The Morgan fingerprint density at radius 2 is 1.87 bits per heavy atom. The standard InChI is InChI=1S/C11H19NO2S/c1-4-8-5-6-9(15-8)7-10(12)11(13-2)14-3/h5-6,10-11H,4,7,12H2,1-3H3. The summed E-state index contributed by atoms with van der Waals surface area (Å²) in [7, 11) is 3.22. The van der Waals surface area contributed by atoms with Crippen LogP contribution < -0.4 is 5.73 Å². The summed E-state index contributed by atoms with van der Waals surface area (Å²) in [5.41, 5.74) is 5.98. The molecular formula is C11H19NO2S. The fourth-order valence-corrected chi connectivity index (χ4v) is 2.53. The fourth-order valence-electron chi connectivity index (χ4n) is 1.50. The van der Waals surface area contributed by atoms with E-state index in [1.165, 1.54) is 9.75 Å². The number of hydrogen-bond donors (Lipinski definition) is 1. The van der Waals surface area contributed by atoms with Gasteiger partial charge in [0.05, 0.1) is 6.04 Å². The highest BCUT2D eigenvalue weighted by molar-refractivity contribution is 7.11. The highest BCUT2D eigenvalue weighted by Gasteiger charge is 2.17. The molecule has 0 fully saturated rings. The van der Waals surface area contributed by atoms with E-state index in [4.69, 9.17) is 15.2 Å². The predicted molar refractivity (Wildman–Crippen MR) is 63.2 cm³/mol. The van der Waals surface area contributed by atoms with Gasteiger partial charge in [-0.05, 0) is 18.6 Å². The fraction of sp³-hybridized carbons (Fsp3) is 0.636. The molecule has 1 unspecified atom stereocenters. The maximum Gasteiger partial charge on any atom is 0.172 e. The average Bonchev–Trinajstić information content (AvgIpc) is 2.67. The predicted octanol–water partition coefficient (Wildman–Crippen LogP) is 1.80. The molecule has 0 bridgehead atoms. The largest absolute Gasteiger partial charge is 0.354 e. The molecule has 4 heteroatoms. The second kappa shape index (κ2) is 6.23. The number of nitrogens with two attached hydrogens (primary N) is 1. The number of rotatable bonds is 6. The summed E-state index contributed by atoms with van der Waals surface area (Å²) in [5.74, 6) is 0. The quantitative estimate of drug-likeness (QED) is 0.756. The van der Waals surface area contributed by atoms with Crippen molar-refractivity contribution < 1.29 is 9.47 Å². The molecule has 86 valence electrons. The molecule has 0 radical (unpaired) electrons. The maximum atomic E-state index is 5.98. The van der Waals surface area contributed by atoms with Crippen LogP contribution in [0, 0.1) is 0 Å². The van der Waals surface area contributed by atoms with Crippen molar-refractivity contribution in [3.8, 4) is 0 Å². The average molecular weight is 229 g/mol. The molecule has 1 heterocycles. The number of aryl methyl sites for hydroxylation is 1. The van der Waals surface area contributed by atoms with Crippen LogP contribution in [0.3, 0.4) is 0 Å². The highest BCUT2D eigenvalue weighted by Crippen LogP contribution is 2.19. The van der Waals surface area contributed by atoms with Crippen molar-refractivity contribution in [2.75, 3.05) is 14.2 Å². The lowest BCUT2D eigenvalue weighted by Gasteiger charge is -2.20. The van der Waals surface area contributed by atoms with Crippen LogP contribution in [0.4, 0.5) is 0 Å². The summed E-state index contributed by atoms with van der Waals surface area (Å²) < 4.78 is 10.2. The van der Waals surface area contributed by atoms with Crippen LogP contribution in [0.2, 0.25) is 0 Å². The molecule has 1 atom stereocenters. The van der Waals surface area contributed by atoms with Crippen molar-refractivity contribution in [1.29, 1.82) is 0 Å². The molecule has 0 aliphatic carbocycles. The van der Waals surface area contributed by atoms with Crippen LogP contribution in [0.1, 0.15) is 16.7 Å². The van der Waals surface area contributed by atoms with E-state index in [1.54, 1.807) is 14.2 Å². The summed E-state index contributed by atoms with van der Waals surface area (Å²) in [6.45, 7) is 2.16. The first-order chi connectivity index (χ1) is 7.21. The SMILES string of the molecule is CCc1ccc(CC(N)C(OC)OC)s1. The van der Waals surface area contributed by atoms with Gasteiger partial charge < -0.3 is 15.2 Å². The monoisotopic (exact) mass is 229 g/mol. The summed E-state index contributed by atoms with van der Waals surface area (Å²) in [4.78, 5) is 2.68. The zero-order valence-corrected chi connectivity index (χ0v) is 10.3. The molecule has 0 spiro atoms. The van der Waals surface area contributed by atoms with Gasteiger partial charge in [0.2, 0.25) is 0 Å². The Bertz CT molecular complexity index is 284. The molecule has 15 heavy (non-hydrogen) atoms. The van der Waals surface area contributed by atoms with Crippen molar-refractivity contribution in [2.45, 2.75) is 32.1 Å². The van der Waals surface area contributed by atoms with Crippen LogP contribution in [-0.4, -0.2) is 26.6 Å². The Labute approximate surface area is 95.2 Å². The molecule has 0 aliphatic rings. The lowest BCUT2D eigenvalue weighted by molar-refractivity contribution is -0.115. The Hall–Kier alpha value is -0.420. The second-order valence-electron chi connectivity index (χ2n) is 3.43. The Morgan fingerprint density at radius 3 is 2.33 bits per heavy atom. The van der Waals surface area contributed by atoms with Gasteiger partial charge in [0, 0.05) is 30.4 Å². The maximum absolute atomic E-state index is 5.98. The van der Waals surface area contributed by atoms with Crippen molar-refractivity contribution in [2.24, 2.45) is 5.73 Å². The van der Waals surface area contributed by atoms with Gasteiger partial charge in [0.25, 0.3) is 0 Å². The van der Waals surface area contributed by atoms with Crippen LogP contribution in [0.5, 0.6) is 0 Å². The third-order valence-electron chi connectivity index (χ3n) is 2.32. The number of methoxy groups -OCH3 is 2. The smallest absolute Gasteiger partial charge is 0.172 e. The van der Waals surface area contributed by atoms with Gasteiger partial charge in [-0.15, -0.1) is 11.3 Å². The van der Waals surface area contributed by atoms with E-state index in [0.29, 0.717) is 0 Å². The summed E-state index contributed by atoms with van der Waals surface area (Å²) in [6.07, 6.45) is 1.56. The summed E-state index contributed by atoms with van der Waals surface area (Å²) in [6, 6.07) is 4.18. The van der Waals surface area contributed by atoms with Gasteiger partial charge in [-0.25, -0.2) is 0 Å². The molecule has 0 saturated carbocycles. The van der Waals surface area contributed by atoms with Crippen molar-refractivity contribution >= 4 is 11.3 Å². The minimum absolute atomic E-state index is 0.108. The first-order valence-electron chi connectivity index (χ1n) is 5.10. The molecule has 2 N–H and O–H groups in total. The molecule has 0 aliphatic heterocycles. The normalized spacial score (nSPS) is 13.4. The van der Waals surface area contributed by atoms with Gasteiger partial charge >= 0.3 is 0 Å². The third kappa shape index (κ3) is 3.57. The summed E-state index contributed by atoms with van der Waals surface area (Å²) >= 11 is 1.81. The number of ether oxygens (including phenoxy) is 2. The molecule has 3 nitrogen and oxygen atoms in total. The minimum atomic E-state index is -0.322. The van der Waals surface area contributed by atoms with Crippen LogP contribution >= 0.6 is 11.3 Å². The van der Waals surface area contributed by atoms with Gasteiger partial charge in [-0.1, -0.05) is 6.92 Å². The van der Waals surface area contributed by atoms with Crippen LogP contribution in [-0.2, 0) is 22.3 Å². The molecule has 0 amide bonds. The minimum Gasteiger partial charge on any atom is -0.354 e. The lowest BCUT2D eigenvalue weighted by atomic mass is 10.2. The first-order valence-corrected chi connectivity index (χ1v) is 5.91. The van der Waals surface area contributed by atoms with E-state index in [9.17, 15) is 0 Å². The van der Waals surface area contributed by atoms with Crippen molar-refractivity contribution in [1.82, 2.24) is 0 Å². The lowest BCUT2D eigenvalue weighted by Crippen LogP contribution is -2.39. The Morgan fingerprint density at radius 1 is 1.27 bits per heavy atom. The first kappa shape index (κ1) is 12.6. The molecule has 1 aromatic rings. The van der Waals surface area contributed by atoms with Gasteiger partial charge in [0.1, 0.15) is 0 Å². The Balaban J connectivity index is 2.53. The van der Waals surface area contributed by atoms with Gasteiger partial charge in [-0.2, -0.15) is 0 Å². The van der Waals surface area contributed by atoms with E-state index in [-0.39, 0.29) is 12.3 Å². The topological polar surface area (TPSA) is 44.5 Å². The van der Waals surface area contributed by atoms with E-state index in [1.807, 2.05) is 11.3 Å². The number of thiophene rings is 1. The second-order valence-corrected chi connectivity index (χ2v) is 4.68. The molecule has 1 rings (SSSR count). The van der Waals surface area contributed by atoms with E-state index >= 15 is 0 Å². The molecule has 0 aromatic carbocycles. The summed E-state index contributed by atoms with van der Waals surface area (Å²) in [5, 5.41) is 0. The molecule has 1 aromatic heterocycles.